The molecule has 0 N–H and O–H groups in total. The Hall–Kier alpha value is -1.37. The fraction of sp³-hybridized carbons (Fsp3) is 0.682. The summed E-state index contributed by atoms with van der Waals surface area (Å²) in [6, 6.07) is 3.33. The Bertz CT molecular complexity index is 893. The molecule has 0 atom stereocenters. The largest absolute Gasteiger partial charge is 0.420 e. The average Bonchev–Trinajstić information content (AvgIpc) is 3.00. The highest BCUT2D eigenvalue weighted by molar-refractivity contribution is 5.85. The average molecular weight is 427 g/mol. The molecule has 1 aliphatic carbocycles. The first-order valence-electron chi connectivity index (χ1n) is 10.6. The van der Waals surface area contributed by atoms with E-state index in [1.807, 2.05) is 13.0 Å². The molecule has 1 aliphatic heterocycles. The lowest BCUT2D eigenvalue weighted by atomic mass is 9.79. The Morgan fingerprint density at radius 1 is 1.21 bits per heavy atom. The highest BCUT2D eigenvalue weighted by Crippen LogP contribution is 2.38. The van der Waals surface area contributed by atoms with Crippen molar-refractivity contribution in [1.82, 2.24) is 9.47 Å². The lowest BCUT2D eigenvalue weighted by Crippen LogP contribution is -2.52. The van der Waals surface area contributed by atoms with Gasteiger partial charge in [0.15, 0.2) is 11.4 Å². The Labute approximate surface area is 177 Å². The van der Waals surface area contributed by atoms with Crippen molar-refractivity contribution in [2.24, 2.45) is 0 Å². The van der Waals surface area contributed by atoms with E-state index in [9.17, 15) is 9.18 Å². The monoisotopic (exact) mass is 426 g/mol. The molecule has 162 valence electrons. The first-order valence-corrected chi connectivity index (χ1v) is 10.6. The number of likely N-dealkylation sites (tertiary alicyclic amines) is 1. The number of oxazole rings is 1. The summed E-state index contributed by atoms with van der Waals surface area (Å²) in [6.45, 7) is 8.97. The van der Waals surface area contributed by atoms with Crippen LogP contribution in [0.2, 0.25) is 0 Å². The molecular formula is C22H32ClFN2O3. The van der Waals surface area contributed by atoms with E-state index in [0.717, 1.165) is 63.8 Å². The summed E-state index contributed by atoms with van der Waals surface area (Å²) >= 11 is 0. The van der Waals surface area contributed by atoms with Gasteiger partial charge in [-0.1, -0.05) is 0 Å². The standard InChI is InChI=1S/C22H31FN2O3.ClH/c1-4-27-17-5-9-22(3,10-6-17)24-11-7-16(8-12-24)25-19-14-15(2)13-18(23)20(19)28-21(25)26;/h13-14,16-17H,4-12H2,1-3H3;1H. The van der Waals surface area contributed by atoms with E-state index in [4.69, 9.17) is 9.15 Å². The maximum Gasteiger partial charge on any atom is 0.420 e. The zero-order valence-electron chi connectivity index (χ0n) is 17.6. The number of halogens is 2. The fourth-order valence-electron chi connectivity index (χ4n) is 5.17. The van der Waals surface area contributed by atoms with Crippen LogP contribution in [-0.2, 0) is 4.74 Å². The van der Waals surface area contributed by atoms with Gasteiger partial charge in [-0.15, -0.1) is 12.4 Å². The Morgan fingerprint density at radius 2 is 1.86 bits per heavy atom. The van der Waals surface area contributed by atoms with E-state index < -0.39 is 11.6 Å². The third kappa shape index (κ3) is 4.25. The molecule has 0 unspecified atom stereocenters. The molecule has 1 saturated heterocycles. The summed E-state index contributed by atoms with van der Waals surface area (Å²) in [5.74, 6) is -0.900. The van der Waals surface area contributed by atoms with Crippen LogP contribution in [0.4, 0.5) is 4.39 Å². The third-order valence-electron chi connectivity index (χ3n) is 6.82. The van der Waals surface area contributed by atoms with E-state index >= 15 is 0 Å². The highest BCUT2D eigenvalue weighted by Gasteiger charge is 2.38. The minimum atomic E-state index is -0.457. The SMILES string of the molecule is CCOC1CCC(C)(N2CCC(n3c(=O)oc4c(F)cc(C)cc43)CC2)CC1.Cl. The van der Waals surface area contributed by atoms with Crippen LogP contribution in [0.3, 0.4) is 0 Å². The number of benzene rings is 1. The van der Waals surface area contributed by atoms with Crippen LogP contribution in [0.15, 0.2) is 21.3 Å². The molecule has 2 fully saturated rings. The smallest absolute Gasteiger partial charge is 0.405 e. The van der Waals surface area contributed by atoms with Crippen LogP contribution in [0.25, 0.3) is 11.1 Å². The van der Waals surface area contributed by atoms with Gasteiger partial charge in [-0.25, -0.2) is 9.18 Å². The summed E-state index contributed by atoms with van der Waals surface area (Å²) < 4.78 is 26.9. The van der Waals surface area contributed by atoms with Crippen molar-refractivity contribution in [1.29, 1.82) is 0 Å². The molecule has 1 aromatic carbocycles. The van der Waals surface area contributed by atoms with Gasteiger partial charge in [0.1, 0.15) is 0 Å². The molecule has 2 aromatic rings. The summed E-state index contributed by atoms with van der Waals surface area (Å²) in [5, 5.41) is 0. The third-order valence-corrected chi connectivity index (χ3v) is 6.82. The molecule has 4 rings (SSSR count). The lowest BCUT2D eigenvalue weighted by Gasteiger charge is -2.48. The van der Waals surface area contributed by atoms with E-state index in [-0.39, 0.29) is 29.6 Å². The number of hydrogen-bond donors (Lipinski definition) is 0. The molecule has 0 spiro atoms. The van der Waals surface area contributed by atoms with Gasteiger partial charge >= 0.3 is 5.76 Å². The number of piperidine rings is 1. The van der Waals surface area contributed by atoms with Crippen LogP contribution in [0, 0.1) is 12.7 Å². The first kappa shape index (κ1) is 22.3. The number of nitrogens with zero attached hydrogens (tertiary/aromatic N) is 2. The highest BCUT2D eigenvalue weighted by atomic mass is 35.5. The number of rotatable bonds is 4. The van der Waals surface area contributed by atoms with Gasteiger partial charge in [-0.3, -0.25) is 9.47 Å². The summed E-state index contributed by atoms with van der Waals surface area (Å²) in [7, 11) is 0. The number of ether oxygens (including phenoxy) is 1. The van der Waals surface area contributed by atoms with Gasteiger partial charge in [0, 0.05) is 31.3 Å². The predicted molar refractivity (Wildman–Crippen MR) is 115 cm³/mol. The topological polar surface area (TPSA) is 47.6 Å². The molecule has 29 heavy (non-hydrogen) atoms. The predicted octanol–water partition coefficient (Wildman–Crippen LogP) is 4.84. The number of aryl methyl sites for hydroxylation is 1. The van der Waals surface area contributed by atoms with E-state index in [1.54, 1.807) is 4.57 Å². The van der Waals surface area contributed by atoms with Gasteiger partial charge < -0.3 is 9.15 Å². The molecule has 1 saturated carbocycles. The van der Waals surface area contributed by atoms with Crippen LogP contribution in [0.1, 0.15) is 64.0 Å². The maximum absolute atomic E-state index is 14.2. The number of aromatic nitrogens is 1. The molecular weight excluding hydrogens is 395 g/mol. The minimum absolute atomic E-state index is 0. The maximum atomic E-state index is 14.2. The normalized spacial score (nSPS) is 26.6. The van der Waals surface area contributed by atoms with Crippen LogP contribution >= 0.6 is 12.4 Å². The number of fused-ring (bicyclic) bond motifs is 1. The van der Waals surface area contributed by atoms with Crippen LogP contribution < -0.4 is 5.76 Å². The molecule has 0 radical (unpaired) electrons. The summed E-state index contributed by atoms with van der Waals surface area (Å²) in [5.41, 5.74) is 1.68. The van der Waals surface area contributed by atoms with Gasteiger partial charge in [-0.05, 0) is 77.0 Å². The molecule has 7 heteroatoms. The quantitative estimate of drug-likeness (QED) is 0.701. The van der Waals surface area contributed by atoms with Crippen molar-refractivity contribution in [2.75, 3.05) is 19.7 Å². The molecule has 2 aliphatic rings. The molecule has 1 aromatic heterocycles. The molecule has 0 bridgehead atoms. The van der Waals surface area contributed by atoms with Crippen LogP contribution in [-0.4, -0.2) is 40.8 Å². The van der Waals surface area contributed by atoms with Gasteiger partial charge in [0.2, 0.25) is 0 Å². The first-order chi connectivity index (χ1) is 13.4. The lowest BCUT2D eigenvalue weighted by molar-refractivity contribution is -0.0274. The summed E-state index contributed by atoms with van der Waals surface area (Å²) in [4.78, 5) is 15.0. The zero-order valence-corrected chi connectivity index (χ0v) is 18.4. The Balaban J connectivity index is 0.00000240. The van der Waals surface area contributed by atoms with Gasteiger partial charge in [0.25, 0.3) is 0 Å². The van der Waals surface area contributed by atoms with Crippen molar-refractivity contribution in [3.05, 3.63) is 34.1 Å². The van der Waals surface area contributed by atoms with Crippen molar-refractivity contribution in [3.63, 3.8) is 0 Å². The van der Waals surface area contributed by atoms with Crippen molar-refractivity contribution >= 4 is 23.5 Å². The van der Waals surface area contributed by atoms with Gasteiger partial charge in [-0.2, -0.15) is 0 Å². The second-order valence-corrected chi connectivity index (χ2v) is 8.70. The molecule has 5 nitrogen and oxygen atoms in total. The Morgan fingerprint density at radius 3 is 2.48 bits per heavy atom. The second-order valence-electron chi connectivity index (χ2n) is 8.70. The van der Waals surface area contributed by atoms with E-state index in [2.05, 4.69) is 18.7 Å². The number of hydrogen-bond acceptors (Lipinski definition) is 4. The fourth-order valence-corrected chi connectivity index (χ4v) is 5.17. The van der Waals surface area contributed by atoms with Crippen molar-refractivity contribution in [3.8, 4) is 0 Å². The molecule has 2 heterocycles. The summed E-state index contributed by atoms with van der Waals surface area (Å²) in [6.07, 6.45) is 6.72. The van der Waals surface area contributed by atoms with Crippen LogP contribution in [0.5, 0.6) is 0 Å². The molecule has 0 amide bonds. The van der Waals surface area contributed by atoms with Crippen molar-refractivity contribution < 1.29 is 13.5 Å². The Kier molecular flexibility index (Phi) is 6.76. The second kappa shape index (κ2) is 8.78. The van der Waals surface area contributed by atoms with Crippen molar-refractivity contribution in [2.45, 2.75) is 77.0 Å². The van der Waals surface area contributed by atoms with Gasteiger partial charge in [0.05, 0.1) is 11.6 Å². The zero-order chi connectivity index (χ0) is 19.9. The van der Waals surface area contributed by atoms with E-state index in [0.29, 0.717) is 11.6 Å². The minimum Gasteiger partial charge on any atom is -0.405 e. The van der Waals surface area contributed by atoms with E-state index in [1.165, 1.54) is 6.07 Å².